The lowest BCUT2D eigenvalue weighted by Gasteiger charge is -2.39. The monoisotopic (exact) mass is 1070 g/mol. The zero-order chi connectivity index (χ0) is 56.0. The van der Waals surface area contributed by atoms with Crippen molar-refractivity contribution in [1.82, 2.24) is 24.7 Å². The van der Waals surface area contributed by atoms with E-state index in [0.717, 1.165) is 5.56 Å². The van der Waals surface area contributed by atoms with Crippen molar-refractivity contribution < 1.29 is 72.6 Å². The summed E-state index contributed by atoms with van der Waals surface area (Å²) < 4.78 is 37.3. The predicted molar refractivity (Wildman–Crippen MR) is 275 cm³/mol. The average molecular weight is 1070 g/mol. The number of carbonyl (C=O) groups is 5. The third-order valence-corrected chi connectivity index (χ3v) is 15.3. The largest absolute Gasteiger partial charge is 0.507 e. The maximum atomic E-state index is 15.3. The van der Waals surface area contributed by atoms with Gasteiger partial charge in [-0.3, -0.25) is 33.4 Å². The van der Waals surface area contributed by atoms with Gasteiger partial charge in [0.05, 0.1) is 47.8 Å². The SMILES string of the molecule is CO[C@H]1C=CO[C@@]2(C)Oc3c(C)c(O)c4c(c3C2=O)C(=O)C(N2CCN(Cc3ccc(OCC5(C)Cn6cc([N+](=O)[O-])nc6O5)cc3)CC2)=C(NC(=O)C(C)=CC=C[C@H](C)[C@H](O)[C@@H](C)[C@@H](O)[C@@H](C)[C@H](OC(C)=O)[C@@H]1C)C4=O. The van der Waals surface area contributed by atoms with Crippen molar-refractivity contribution in [3.63, 3.8) is 0 Å². The molecule has 22 nitrogen and oxygen atoms in total. The van der Waals surface area contributed by atoms with Gasteiger partial charge in [-0.25, -0.2) is 0 Å². The molecule has 6 aliphatic rings. The number of allylic oxidation sites excluding steroid dienone is 4. The number of nitro groups is 1. The molecule has 1 saturated heterocycles. The van der Waals surface area contributed by atoms with Crippen LogP contribution in [0.15, 0.2) is 78.0 Å². The second-order valence-electron chi connectivity index (χ2n) is 21.0. The van der Waals surface area contributed by atoms with E-state index in [1.807, 2.05) is 31.2 Å². The highest BCUT2D eigenvalue weighted by Crippen LogP contribution is 2.49. The zero-order valence-corrected chi connectivity index (χ0v) is 44.7. The van der Waals surface area contributed by atoms with E-state index in [-0.39, 0.29) is 65.4 Å². The number of ketones is 3. The Hall–Kier alpha value is -7.40. The van der Waals surface area contributed by atoms with Gasteiger partial charge in [-0.1, -0.05) is 58.1 Å². The molecule has 3 aromatic rings. The molecular weight excluding hydrogens is 1000 g/mol. The molecule has 5 aliphatic heterocycles. The number of hydrogen-bond donors (Lipinski definition) is 4. The molecular formula is C55H66N6O16. The van der Waals surface area contributed by atoms with Crippen LogP contribution >= 0.6 is 0 Å². The number of aliphatic hydroxyl groups excluding tert-OH is 2. The quantitative estimate of drug-likeness (QED) is 0.123. The number of piperazine rings is 1. The van der Waals surface area contributed by atoms with Crippen LogP contribution in [0.25, 0.3) is 0 Å². The lowest BCUT2D eigenvalue weighted by atomic mass is 9.78. The number of aromatic nitrogens is 2. The number of aliphatic hydroxyl groups is 2. The number of hydrogen-bond acceptors (Lipinski definition) is 19. The van der Waals surface area contributed by atoms with Gasteiger partial charge in [-0.2, -0.15) is 0 Å². The smallest absolute Gasteiger partial charge is 0.415 e. The van der Waals surface area contributed by atoms with E-state index in [1.54, 1.807) is 49.3 Å². The summed E-state index contributed by atoms with van der Waals surface area (Å²) in [5.74, 6) is -9.17. The van der Waals surface area contributed by atoms with E-state index in [4.69, 9.17) is 28.4 Å². The molecule has 1 aliphatic carbocycles. The average Bonchev–Trinajstić information content (AvgIpc) is 4.17. The lowest BCUT2D eigenvalue weighted by Crippen LogP contribution is -2.49. The van der Waals surface area contributed by atoms with E-state index < -0.39 is 111 Å². The Bertz CT molecular complexity index is 2970. The van der Waals surface area contributed by atoms with Crippen LogP contribution in [0.2, 0.25) is 0 Å². The van der Waals surface area contributed by atoms with Gasteiger partial charge in [0, 0.05) is 93.5 Å². The van der Waals surface area contributed by atoms with Crippen LogP contribution in [0.3, 0.4) is 0 Å². The number of ether oxygens (including phenoxy) is 6. The van der Waals surface area contributed by atoms with Crippen LogP contribution in [0.4, 0.5) is 5.82 Å². The number of phenolic OH excluding ortho intramolecular Hbond substituents is 1. The van der Waals surface area contributed by atoms with Gasteiger partial charge in [-0.15, -0.1) is 0 Å². The van der Waals surface area contributed by atoms with Crippen LogP contribution in [0.5, 0.6) is 23.3 Å². The van der Waals surface area contributed by atoms with Crippen LogP contribution in [0, 0.1) is 40.7 Å². The van der Waals surface area contributed by atoms with Gasteiger partial charge in [-0.05, 0) is 49.5 Å². The standard InChI is InChI=1S/C55H66N6O16/c1-28-12-11-13-29(2)52(69)57-42-43(59-21-19-58(20-22-59)24-35-14-16-36(17-15-35)73-27-54(8)26-60-25-38(61(70)71)56-53(60)77-54)48(67)39-40(47(42)66)46(65)33(6)50-41(39)51(68)55(9,76-50)74-23-18-37(72-10)30(3)49(75-34(7)62)32(5)45(64)31(4)44(28)63/h11-18,23,25,28,30-32,37,44-45,49,63-65H,19-22,24,26-27H2,1-10H3,(H,57,69)/t28-,30+,31+,32+,37-,44-,45+,49+,54?,55-/m0/s1. The number of benzene rings is 2. The minimum Gasteiger partial charge on any atom is -0.507 e. The number of phenols is 1. The highest BCUT2D eigenvalue weighted by atomic mass is 16.7. The molecule has 10 atom stereocenters. The number of carbonyl (C=O) groups excluding carboxylic acids is 5. The number of amides is 1. The van der Waals surface area contributed by atoms with Crippen LogP contribution < -0.4 is 19.5 Å². The topological polar surface area (TPSA) is 281 Å². The maximum Gasteiger partial charge on any atom is 0.415 e. The van der Waals surface area contributed by atoms with Crippen molar-refractivity contribution in [3.05, 3.63) is 116 Å². The number of nitrogens with one attached hydrogen (secondary N) is 1. The number of nitrogens with zero attached hydrogens (tertiary/aromatic N) is 5. The van der Waals surface area contributed by atoms with Crippen LogP contribution in [-0.2, 0) is 36.9 Å². The summed E-state index contributed by atoms with van der Waals surface area (Å²) >= 11 is 0. The molecule has 1 amide bonds. The first-order chi connectivity index (χ1) is 36.4. The van der Waals surface area contributed by atoms with Crippen molar-refractivity contribution in [2.45, 2.75) is 111 Å². The first kappa shape index (κ1) is 55.8. The van der Waals surface area contributed by atoms with E-state index >= 15 is 4.79 Å². The number of imidazole rings is 1. The number of esters is 1. The summed E-state index contributed by atoms with van der Waals surface area (Å²) in [5, 5.41) is 48.7. The fourth-order valence-corrected chi connectivity index (χ4v) is 10.6. The number of fused-ring (bicyclic) bond motifs is 15. The minimum atomic E-state index is -2.13. The molecule has 9 rings (SSSR count). The Kier molecular flexibility index (Phi) is 15.9. The number of aromatic hydroxyl groups is 1. The Balaban J connectivity index is 1.07. The first-order valence-electron chi connectivity index (χ1n) is 25.5. The number of rotatable bonds is 9. The van der Waals surface area contributed by atoms with Gasteiger partial charge in [0.25, 0.3) is 11.7 Å². The molecule has 412 valence electrons. The molecule has 0 radical (unpaired) electrons. The Morgan fingerprint density at radius 1 is 0.922 bits per heavy atom. The van der Waals surface area contributed by atoms with Crippen molar-refractivity contribution in [2.75, 3.05) is 39.9 Å². The van der Waals surface area contributed by atoms with Gasteiger partial charge >= 0.3 is 23.6 Å². The van der Waals surface area contributed by atoms with Crippen molar-refractivity contribution in [1.29, 1.82) is 0 Å². The number of methoxy groups -OCH3 is 1. The van der Waals surface area contributed by atoms with Crippen LogP contribution in [-0.4, -0.2) is 145 Å². The number of Topliss-reactive ketones (excluding diaryl/α,β-unsaturated/α-hetero) is 3. The van der Waals surface area contributed by atoms with Crippen molar-refractivity contribution in [3.8, 4) is 23.3 Å². The molecule has 0 saturated carbocycles. The summed E-state index contributed by atoms with van der Waals surface area (Å²) in [7, 11) is 1.42. The highest BCUT2D eigenvalue weighted by Gasteiger charge is 2.53. The molecule has 4 N–H and O–H groups in total. The molecule has 2 aromatic carbocycles. The second kappa shape index (κ2) is 21.9. The summed E-state index contributed by atoms with van der Waals surface area (Å²) in [5.41, 5.74) is -1.48. The Labute approximate surface area is 445 Å². The van der Waals surface area contributed by atoms with Crippen LogP contribution in [0.1, 0.15) is 97.6 Å². The molecule has 0 spiro atoms. The molecule has 77 heavy (non-hydrogen) atoms. The third-order valence-electron chi connectivity index (χ3n) is 15.3. The van der Waals surface area contributed by atoms with Gasteiger partial charge in [0.15, 0.2) is 5.60 Å². The maximum absolute atomic E-state index is 15.3. The summed E-state index contributed by atoms with van der Waals surface area (Å²) in [6, 6.07) is 7.63. The van der Waals surface area contributed by atoms with Crippen molar-refractivity contribution in [2.24, 2.45) is 23.7 Å². The lowest BCUT2D eigenvalue weighted by molar-refractivity contribution is -0.389. The first-order valence-corrected chi connectivity index (χ1v) is 25.5. The molecule has 5 bridgehead atoms. The summed E-state index contributed by atoms with van der Waals surface area (Å²) in [6.45, 7) is 16.4. The fourth-order valence-electron chi connectivity index (χ4n) is 10.6. The van der Waals surface area contributed by atoms with Crippen molar-refractivity contribution >= 4 is 35.0 Å². The van der Waals surface area contributed by atoms with Gasteiger partial charge < -0.3 is 64.1 Å². The van der Waals surface area contributed by atoms with Gasteiger partial charge in [0.1, 0.15) is 47.6 Å². The second-order valence-corrected chi connectivity index (χ2v) is 21.0. The third kappa shape index (κ3) is 11.0. The minimum absolute atomic E-state index is 0.0233. The Morgan fingerprint density at radius 3 is 2.25 bits per heavy atom. The van der Waals surface area contributed by atoms with E-state index in [9.17, 15) is 44.6 Å². The highest BCUT2D eigenvalue weighted by molar-refractivity contribution is 6.32. The van der Waals surface area contributed by atoms with Gasteiger partial charge in [0.2, 0.25) is 11.6 Å². The fraction of sp³-hybridized carbons (Fsp3) is 0.491. The van der Waals surface area contributed by atoms with E-state index in [0.29, 0.717) is 31.9 Å². The Morgan fingerprint density at radius 2 is 1.61 bits per heavy atom. The summed E-state index contributed by atoms with van der Waals surface area (Å²) in [6.07, 6.45) is 4.62. The molecule has 1 fully saturated rings. The van der Waals surface area contributed by atoms with E-state index in [1.165, 1.54) is 59.4 Å². The summed E-state index contributed by atoms with van der Waals surface area (Å²) in [4.78, 5) is 89.8. The predicted octanol–water partition coefficient (Wildman–Crippen LogP) is 5.11. The van der Waals surface area contributed by atoms with E-state index in [2.05, 4.69) is 15.2 Å². The zero-order valence-electron chi connectivity index (χ0n) is 44.7. The molecule has 1 aromatic heterocycles. The molecule has 1 unspecified atom stereocenters. The normalized spacial score (nSPS) is 29.1. The molecule has 6 heterocycles. The molecule has 22 heteroatoms.